The van der Waals surface area contributed by atoms with Crippen LogP contribution in [0.3, 0.4) is 0 Å². The lowest BCUT2D eigenvalue weighted by atomic mass is 10.0. The quantitative estimate of drug-likeness (QED) is 0.918. The van der Waals surface area contributed by atoms with Crippen molar-refractivity contribution in [3.05, 3.63) is 39.7 Å². The molecule has 0 fully saturated rings. The van der Waals surface area contributed by atoms with Crippen LogP contribution in [-0.2, 0) is 11.2 Å². The number of fused-ring (bicyclic) bond motifs is 1. The van der Waals surface area contributed by atoms with Gasteiger partial charge in [0.1, 0.15) is 5.75 Å². The van der Waals surface area contributed by atoms with E-state index in [9.17, 15) is 9.59 Å². The second-order valence-electron chi connectivity index (χ2n) is 6.25. The molecule has 0 aliphatic heterocycles. The molecule has 0 unspecified atom stereocenters. The first-order valence-corrected chi connectivity index (χ1v) is 7.79. The van der Waals surface area contributed by atoms with Crippen LogP contribution in [0.2, 0.25) is 0 Å². The average molecular weight is 317 g/mol. The van der Waals surface area contributed by atoms with Crippen molar-refractivity contribution in [3.63, 3.8) is 0 Å². The number of para-hydroxylation sites is 1. The van der Waals surface area contributed by atoms with Crippen LogP contribution in [0.5, 0.6) is 5.75 Å². The third-order valence-corrected chi connectivity index (χ3v) is 3.76. The summed E-state index contributed by atoms with van der Waals surface area (Å²) in [5, 5.41) is 9.62. The van der Waals surface area contributed by atoms with Gasteiger partial charge in [0.15, 0.2) is 5.43 Å². The standard InChI is InChI=1S/C18H23NO4/c1-10(2)19-12(5)14(9-16(20)21)18(22)13-7-6-8-15(17(13)19)23-11(3)4/h6-8,10-11H,9H2,1-5H3,(H,20,21). The summed E-state index contributed by atoms with van der Waals surface area (Å²) in [6, 6.07) is 5.42. The first-order chi connectivity index (χ1) is 10.7. The van der Waals surface area contributed by atoms with E-state index in [1.54, 1.807) is 19.1 Å². The molecule has 0 amide bonds. The van der Waals surface area contributed by atoms with Gasteiger partial charge in [-0.2, -0.15) is 0 Å². The molecule has 1 aromatic carbocycles. The van der Waals surface area contributed by atoms with E-state index in [-0.39, 0.29) is 24.0 Å². The predicted molar refractivity (Wildman–Crippen MR) is 90.4 cm³/mol. The molecule has 5 heteroatoms. The Morgan fingerprint density at radius 3 is 2.43 bits per heavy atom. The fraction of sp³-hybridized carbons (Fsp3) is 0.444. The van der Waals surface area contributed by atoms with Gasteiger partial charge >= 0.3 is 5.97 Å². The van der Waals surface area contributed by atoms with Crippen molar-refractivity contribution in [3.8, 4) is 5.75 Å². The number of ether oxygens (including phenoxy) is 1. The molecular weight excluding hydrogens is 294 g/mol. The van der Waals surface area contributed by atoms with Crippen molar-refractivity contribution in [2.24, 2.45) is 0 Å². The van der Waals surface area contributed by atoms with Gasteiger partial charge in [0, 0.05) is 22.7 Å². The number of aliphatic carboxylic acids is 1. The largest absolute Gasteiger partial charge is 0.489 e. The number of hydrogen-bond acceptors (Lipinski definition) is 3. The summed E-state index contributed by atoms with van der Waals surface area (Å²) in [7, 11) is 0. The molecule has 23 heavy (non-hydrogen) atoms. The summed E-state index contributed by atoms with van der Waals surface area (Å²) >= 11 is 0. The maximum absolute atomic E-state index is 12.8. The lowest BCUT2D eigenvalue weighted by molar-refractivity contribution is -0.136. The molecule has 0 bridgehead atoms. The lowest BCUT2D eigenvalue weighted by Crippen LogP contribution is -2.23. The highest BCUT2D eigenvalue weighted by atomic mass is 16.5. The van der Waals surface area contributed by atoms with Crippen LogP contribution in [0, 0.1) is 6.92 Å². The zero-order valence-electron chi connectivity index (χ0n) is 14.2. The van der Waals surface area contributed by atoms with Gasteiger partial charge in [-0.05, 0) is 46.8 Å². The molecule has 0 atom stereocenters. The summed E-state index contributed by atoms with van der Waals surface area (Å²) in [4.78, 5) is 23.9. The smallest absolute Gasteiger partial charge is 0.308 e. The highest BCUT2D eigenvalue weighted by Gasteiger charge is 2.20. The van der Waals surface area contributed by atoms with Gasteiger partial charge in [-0.25, -0.2) is 0 Å². The average Bonchev–Trinajstić information content (AvgIpc) is 2.43. The summed E-state index contributed by atoms with van der Waals surface area (Å²) in [6.45, 7) is 9.68. The van der Waals surface area contributed by atoms with E-state index in [0.29, 0.717) is 22.4 Å². The summed E-state index contributed by atoms with van der Waals surface area (Å²) < 4.78 is 7.87. The van der Waals surface area contributed by atoms with Crippen LogP contribution < -0.4 is 10.2 Å². The van der Waals surface area contributed by atoms with Gasteiger partial charge in [-0.15, -0.1) is 0 Å². The van der Waals surface area contributed by atoms with Gasteiger partial charge in [0.05, 0.1) is 18.0 Å². The van der Waals surface area contributed by atoms with Gasteiger partial charge in [-0.1, -0.05) is 6.07 Å². The number of pyridine rings is 1. The normalized spacial score (nSPS) is 11.4. The van der Waals surface area contributed by atoms with E-state index in [2.05, 4.69) is 0 Å². The molecular formula is C18H23NO4. The third kappa shape index (κ3) is 3.23. The molecule has 0 spiro atoms. The Hall–Kier alpha value is -2.30. The first-order valence-electron chi connectivity index (χ1n) is 7.79. The van der Waals surface area contributed by atoms with Crippen LogP contribution in [0.4, 0.5) is 0 Å². The van der Waals surface area contributed by atoms with Crippen LogP contribution in [0.1, 0.15) is 45.0 Å². The molecule has 2 aromatic rings. The Morgan fingerprint density at radius 2 is 1.91 bits per heavy atom. The lowest BCUT2D eigenvalue weighted by Gasteiger charge is -2.23. The monoisotopic (exact) mass is 317 g/mol. The van der Waals surface area contributed by atoms with Gasteiger partial charge < -0.3 is 14.4 Å². The van der Waals surface area contributed by atoms with Crippen molar-refractivity contribution in [1.29, 1.82) is 0 Å². The summed E-state index contributed by atoms with van der Waals surface area (Å²) in [5.74, 6) is -0.359. The van der Waals surface area contributed by atoms with Crippen molar-refractivity contribution in [2.45, 2.75) is 53.2 Å². The molecule has 5 nitrogen and oxygen atoms in total. The highest BCUT2D eigenvalue weighted by Crippen LogP contribution is 2.29. The van der Waals surface area contributed by atoms with E-state index in [1.165, 1.54) is 0 Å². The molecule has 0 aliphatic rings. The van der Waals surface area contributed by atoms with Gasteiger partial charge in [-0.3, -0.25) is 9.59 Å². The fourth-order valence-electron chi connectivity index (χ4n) is 2.95. The minimum absolute atomic E-state index is 0.0182. The number of rotatable bonds is 5. The van der Waals surface area contributed by atoms with Crippen molar-refractivity contribution in [2.75, 3.05) is 0 Å². The van der Waals surface area contributed by atoms with Gasteiger partial charge in [0.25, 0.3) is 0 Å². The zero-order chi connectivity index (χ0) is 17.3. The molecule has 1 heterocycles. The van der Waals surface area contributed by atoms with Crippen molar-refractivity contribution < 1.29 is 14.6 Å². The van der Waals surface area contributed by atoms with Crippen molar-refractivity contribution in [1.82, 2.24) is 4.57 Å². The Morgan fingerprint density at radius 1 is 1.26 bits per heavy atom. The Bertz CT molecular complexity index is 803. The first kappa shape index (κ1) is 17.1. The van der Waals surface area contributed by atoms with Crippen LogP contribution >= 0.6 is 0 Å². The van der Waals surface area contributed by atoms with E-state index in [0.717, 1.165) is 5.52 Å². The number of aromatic nitrogens is 1. The fourth-order valence-corrected chi connectivity index (χ4v) is 2.95. The molecule has 0 aliphatic carbocycles. The van der Waals surface area contributed by atoms with E-state index >= 15 is 0 Å². The van der Waals surface area contributed by atoms with Crippen LogP contribution in [0.15, 0.2) is 23.0 Å². The number of carboxylic acid groups (broad SMARTS) is 1. The highest BCUT2D eigenvalue weighted by molar-refractivity contribution is 5.87. The Labute approximate surface area is 135 Å². The summed E-state index contributed by atoms with van der Waals surface area (Å²) in [5.41, 5.74) is 1.51. The molecule has 0 saturated heterocycles. The zero-order valence-corrected chi connectivity index (χ0v) is 14.2. The number of nitrogens with zero attached hydrogens (tertiary/aromatic N) is 1. The van der Waals surface area contributed by atoms with Crippen LogP contribution in [-0.4, -0.2) is 21.7 Å². The minimum Gasteiger partial charge on any atom is -0.489 e. The van der Waals surface area contributed by atoms with Crippen LogP contribution in [0.25, 0.3) is 10.9 Å². The third-order valence-electron chi connectivity index (χ3n) is 3.76. The number of hydrogen-bond donors (Lipinski definition) is 1. The maximum atomic E-state index is 12.8. The molecule has 1 N–H and O–H groups in total. The molecule has 0 radical (unpaired) electrons. The number of carbonyl (C=O) groups is 1. The Balaban J connectivity index is 2.92. The van der Waals surface area contributed by atoms with E-state index < -0.39 is 5.97 Å². The SMILES string of the molecule is Cc1c(CC(=O)O)c(=O)c2cccc(OC(C)C)c2n1C(C)C. The molecule has 1 aromatic heterocycles. The van der Waals surface area contributed by atoms with Crippen molar-refractivity contribution >= 4 is 16.9 Å². The minimum atomic E-state index is -1.01. The van der Waals surface area contributed by atoms with Gasteiger partial charge in [0.2, 0.25) is 0 Å². The second-order valence-corrected chi connectivity index (χ2v) is 6.25. The van der Waals surface area contributed by atoms with E-state index in [1.807, 2.05) is 38.3 Å². The number of carboxylic acids is 1. The molecule has 124 valence electrons. The maximum Gasteiger partial charge on any atom is 0.308 e. The molecule has 0 saturated carbocycles. The number of benzene rings is 1. The summed E-state index contributed by atoms with van der Waals surface area (Å²) in [6.07, 6.45) is -0.293. The molecule has 2 rings (SSSR count). The van der Waals surface area contributed by atoms with E-state index in [4.69, 9.17) is 9.84 Å². The second kappa shape index (κ2) is 6.44. The predicted octanol–water partition coefficient (Wildman–Crippen LogP) is 3.31. The topological polar surface area (TPSA) is 68.5 Å². The Kier molecular flexibility index (Phi) is 4.78.